The number of carbonyl (C=O) groups excluding carboxylic acids is 2. The second-order valence-corrected chi connectivity index (χ2v) is 8.63. The second kappa shape index (κ2) is 12.1. The molecule has 0 aromatic heterocycles. The Morgan fingerprint density at radius 2 is 1.69 bits per heavy atom. The molecule has 0 saturated carbocycles. The van der Waals surface area contributed by atoms with Gasteiger partial charge >= 0.3 is 0 Å². The van der Waals surface area contributed by atoms with Crippen LogP contribution in [0.15, 0.2) is 53.4 Å². The maximum atomic E-state index is 12.6. The van der Waals surface area contributed by atoms with Crippen LogP contribution < -0.4 is 14.8 Å². The minimum absolute atomic E-state index is 0.0153. The Bertz CT molecular complexity index is 991. The van der Waals surface area contributed by atoms with Gasteiger partial charge in [-0.05, 0) is 61.9 Å². The molecule has 0 atom stereocenters. The van der Waals surface area contributed by atoms with Gasteiger partial charge in [0.15, 0.2) is 0 Å². The monoisotopic (exact) mass is 463 g/mol. The highest BCUT2D eigenvalue weighted by atomic mass is 32.2. The van der Waals surface area contributed by atoms with Gasteiger partial charge in [0, 0.05) is 38.6 Å². The van der Waals surface area contributed by atoms with Crippen LogP contribution in [0.2, 0.25) is 0 Å². The number of anilines is 1. The zero-order valence-corrected chi connectivity index (χ0v) is 19.3. The molecule has 0 aliphatic rings. The first-order valence-corrected chi connectivity index (χ1v) is 11.6. The summed E-state index contributed by atoms with van der Waals surface area (Å²) in [7, 11) is -0.732. The zero-order chi connectivity index (χ0) is 23.6. The zero-order valence-electron chi connectivity index (χ0n) is 18.5. The van der Waals surface area contributed by atoms with Crippen molar-refractivity contribution >= 4 is 27.5 Å². The number of sulfonamides is 1. The Labute approximate surface area is 188 Å². The van der Waals surface area contributed by atoms with Crippen molar-refractivity contribution in [3.63, 3.8) is 0 Å². The van der Waals surface area contributed by atoms with Crippen LogP contribution >= 0.6 is 0 Å². The van der Waals surface area contributed by atoms with E-state index < -0.39 is 10.0 Å². The van der Waals surface area contributed by atoms with E-state index in [4.69, 9.17) is 9.47 Å². The predicted molar refractivity (Wildman–Crippen MR) is 121 cm³/mol. The Morgan fingerprint density at radius 3 is 2.28 bits per heavy atom. The summed E-state index contributed by atoms with van der Waals surface area (Å²) in [6.45, 7) is 3.28. The molecule has 0 bridgehead atoms. The highest BCUT2D eigenvalue weighted by Gasteiger charge is 2.18. The number of carbonyl (C=O) groups is 2. The standard InChI is InChI=1S/C22H29N3O6S/c1-4-31-19-10-8-18(9-11-19)24-32(28,29)20-12-6-17(7-13-20)22(27)25(2)16-21(26)23-14-5-15-30-3/h6-13,24H,4-5,14-16H2,1-3H3,(H,23,26). The maximum absolute atomic E-state index is 12.6. The lowest BCUT2D eigenvalue weighted by Crippen LogP contribution is -2.38. The first-order chi connectivity index (χ1) is 15.3. The summed E-state index contributed by atoms with van der Waals surface area (Å²) in [6.07, 6.45) is 0.681. The molecular weight excluding hydrogens is 434 g/mol. The molecule has 0 aliphatic heterocycles. The van der Waals surface area contributed by atoms with E-state index in [0.29, 0.717) is 37.6 Å². The first kappa shape index (κ1) is 25.2. The van der Waals surface area contributed by atoms with Crippen LogP contribution in [0.3, 0.4) is 0 Å². The summed E-state index contributed by atoms with van der Waals surface area (Å²) in [4.78, 5) is 25.8. The Hall–Kier alpha value is -3.11. The van der Waals surface area contributed by atoms with Crippen molar-refractivity contribution in [2.75, 3.05) is 45.2 Å². The van der Waals surface area contributed by atoms with Gasteiger partial charge < -0.3 is 19.7 Å². The van der Waals surface area contributed by atoms with Crippen molar-refractivity contribution in [2.24, 2.45) is 0 Å². The molecule has 0 aliphatic carbocycles. The summed E-state index contributed by atoms with van der Waals surface area (Å²) in [5.74, 6) is -0.0257. The van der Waals surface area contributed by atoms with Crippen molar-refractivity contribution in [2.45, 2.75) is 18.2 Å². The first-order valence-electron chi connectivity index (χ1n) is 10.1. The van der Waals surface area contributed by atoms with Crippen molar-refractivity contribution in [1.82, 2.24) is 10.2 Å². The maximum Gasteiger partial charge on any atom is 0.261 e. The Kier molecular flexibility index (Phi) is 9.48. The fourth-order valence-electron chi connectivity index (χ4n) is 2.78. The largest absolute Gasteiger partial charge is 0.494 e. The third-order valence-corrected chi connectivity index (χ3v) is 5.80. The van der Waals surface area contributed by atoms with Crippen molar-refractivity contribution in [3.05, 3.63) is 54.1 Å². The summed E-state index contributed by atoms with van der Waals surface area (Å²) >= 11 is 0. The van der Waals surface area contributed by atoms with E-state index >= 15 is 0 Å². The number of likely N-dealkylation sites (N-methyl/N-ethyl adjacent to an activating group) is 1. The SMILES string of the molecule is CCOc1ccc(NS(=O)(=O)c2ccc(C(=O)N(C)CC(=O)NCCCOC)cc2)cc1. The van der Waals surface area contributed by atoms with Crippen LogP contribution in [0.1, 0.15) is 23.7 Å². The Morgan fingerprint density at radius 1 is 1.03 bits per heavy atom. The molecule has 174 valence electrons. The molecule has 2 amide bonds. The van der Waals surface area contributed by atoms with Crippen molar-refractivity contribution < 1.29 is 27.5 Å². The third-order valence-electron chi connectivity index (χ3n) is 4.40. The lowest BCUT2D eigenvalue weighted by Gasteiger charge is -2.17. The van der Waals surface area contributed by atoms with Gasteiger partial charge in [-0.25, -0.2) is 8.42 Å². The smallest absolute Gasteiger partial charge is 0.261 e. The highest BCUT2D eigenvalue weighted by molar-refractivity contribution is 7.92. The molecule has 0 unspecified atom stereocenters. The summed E-state index contributed by atoms with van der Waals surface area (Å²) < 4.78 is 38.0. The molecule has 0 heterocycles. The minimum Gasteiger partial charge on any atom is -0.494 e. The number of ether oxygens (including phenoxy) is 2. The summed E-state index contributed by atoms with van der Waals surface area (Å²) in [6, 6.07) is 12.1. The van der Waals surface area contributed by atoms with Crippen LogP contribution in [-0.4, -0.2) is 65.6 Å². The molecule has 0 saturated heterocycles. The predicted octanol–water partition coefficient (Wildman–Crippen LogP) is 2.11. The fraction of sp³-hybridized carbons (Fsp3) is 0.364. The van der Waals surface area contributed by atoms with Crippen LogP contribution in [0.25, 0.3) is 0 Å². The van der Waals surface area contributed by atoms with Gasteiger partial charge in [-0.15, -0.1) is 0 Å². The number of amides is 2. The number of hydrogen-bond donors (Lipinski definition) is 2. The molecule has 10 heteroatoms. The molecule has 2 aromatic rings. The van der Waals surface area contributed by atoms with Gasteiger partial charge in [0.1, 0.15) is 5.75 Å². The quantitative estimate of drug-likeness (QED) is 0.466. The van der Waals surface area contributed by atoms with Gasteiger partial charge in [-0.3, -0.25) is 14.3 Å². The van der Waals surface area contributed by atoms with E-state index in [1.807, 2.05) is 6.92 Å². The summed E-state index contributed by atoms with van der Waals surface area (Å²) in [5.41, 5.74) is 0.671. The number of rotatable bonds is 12. The van der Waals surface area contributed by atoms with Gasteiger partial charge in [-0.2, -0.15) is 0 Å². The topological polar surface area (TPSA) is 114 Å². The average molecular weight is 464 g/mol. The minimum atomic E-state index is -3.83. The number of methoxy groups -OCH3 is 1. The molecule has 2 N–H and O–H groups in total. The molecule has 0 fully saturated rings. The van der Waals surface area contributed by atoms with E-state index in [2.05, 4.69) is 10.0 Å². The van der Waals surface area contributed by atoms with E-state index in [-0.39, 0.29) is 28.8 Å². The van der Waals surface area contributed by atoms with Gasteiger partial charge in [-0.1, -0.05) is 0 Å². The van der Waals surface area contributed by atoms with Gasteiger partial charge in [0.25, 0.3) is 15.9 Å². The Balaban J connectivity index is 1.97. The van der Waals surface area contributed by atoms with Crippen molar-refractivity contribution in [3.8, 4) is 5.75 Å². The molecule has 9 nitrogen and oxygen atoms in total. The van der Waals surface area contributed by atoms with Crippen molar-refractivity contribution in [1.29, 1.82) is 0 Å². The lowest BCUT2D eigenvalue weighted by atomic mass is 10.2. The molecule has 2 rings (SSSR count). The average Bonchev–Trinajstić information content (AvgIpc) is 2.77. The number of benzene rings is 2. The molecule has 0 spiro atoms. The number of nitrogens with zero attached hydrogens (tertiary/aromatic N) is 1. The number of hydrogen-bond acceptors (Lipinski definition) is 6. The summed E-state index contributed by atoms with van der Waals surface area (Å²) in [5, 5.41) is 2.71. The van der Waals surface area contributed by atoms with Gasteiger partial charge in [0.2, 0.25) is 5.91 Å². The third kappa shape index (κ3) is 7.54. The second-order valence-electron chi connectivity index (χ2n) is 6.94. The molecule has 0 radical (unpaired) electrons. The lowest BCUT2D eigenvalue weighted by molar-refractivity contribution is -0.121. The van der Waals surface area contributed by atoms with E-state index in [0.717, 1.165) is 0 Å². The molecular formula is C22H29N3O6S. The van der Waals surface area contributed by atoms with E-state index in [9.17, 15) is 18.0 Å². The molecule has 2 aromatic carbocycles. The molecule has 32 heavy (non-hydrogen) atoms. The van der Waals surface area contributed by atoms with Gasteiger partial charge in [0.05, 0.1) is 18.0 Å². The van der Waals surface area contributed by atoms with Crippen LogP contribution in [0.5, 0.6) is 5.75 Å². The van der Waals surface area contributed by atoms with E-state index in [1.165, 1.54) is 36.2 Å². The van der Waals surface area contributed by atoms with Crippen LogP contribution in [0.4, 0.5) is 5.69 Å². The van der Waals surface area contributed by atoms with E-state index in [1.54, 1.807) is 31.4 Å². The number of nitrogens with one attached hydrogen (secondary N) is 2. The highest BCUT2D eigenvalue weighted by Crippen LogP contribution is 2.20. The van der Waals surface area contributed by atoms with Crippen LogP contribution in [-0.2, 0) is 19.6 Å². The normalized spacial score (nSPS) is 11.0. The fourth-order valence-corrected chi connectivity index (χ4v) is 3.84. The van der Waals surface area contributed by atoms with Crippen LogP contribution in [0, 0.1) is 0 Å².